The maximum Gasteiger partial charge on any atom is 0.306 e. The normalized spacial score (nSPS) is 11.8. The Morgan fingerprint density at radius 1 is 1.48 bits per heavy atom. The van der Waals surface area contributed by atoms with Gasteiger partial charge in [0.2, 0.25) is 0 Å². The lowest BCUT2D eigenvalue weighted by atomic mass is 10.2. The highest BCUT2D eigenvalue weighted by molar-refractivity contribution is 8.06. The highest BCUT2D eigenvalue weighted by Gasteiger charge is 2.16. The van der Waals surface area contributed by atoms with Crippen molar-refractivity contribution in [3.8, 4) is 5.75 Å². The number of thioether (sulfide) groups is 1. The Balaban J connectivity index is 2.91. The minimum atomic E-state index is -3.78. The molecule has 0 aliphatic heterocycles. The van der Waals surface area contributed by atoms with Gasteiger partial charge in [-0.2, -0.15) is 12.8 Å². The largest absolute Gasteiger partial charge is 0.402 e. The second kappa shape index (κ2) is 7.14. The number of hydrogen-bond acceptors (Lipinski definition) is 6. The summed E-state index contributed by atoms with van der Waals surface area (Å²) in [6.07, 6.45) is 1.58. The standard InChI is InChI=1S/C12H13FN2O4S2/c1-8(20-11(13)7-14)15-12(16)9-5-3-4-6-10(9)19-21(2,17)18/h3-7H,1,14H2,2H3,(H,15,16)/b11-7-. The molecule has 1 rings (SSSR count). The van der Waals surface area contributed by atoms with E-state index in [1.165, 1.54) is 24.3 Å². The molecule has 0 spiro atoms. The SMILES string of the molecule is C=C(NC(=O)c1ccccc1OS(C)(=O)=O)S/C(F)=C\N. The summed E-state index contributed by atoms with van der Waals surface area (Å²) in [7, 11) is -3.78. The molecule has 21 heavy (non-hydrogen) atoms. The van der Waals surface area contributed by atoms with Gasteiger partial charge >= 0.3 is 10.1 Å². The number of carbonyl (C=O) groups excluding carboxylic acids is 1. The summed E-state index contributed by atoms with van der Waals surface area (Å²) >= 11 is 0.526. The molecule has 0 atom stereocenters. The number of benzene rings is 1. The highest BCUT2D eigenvalue weighted by Crippen LogP contribution is 2.24. The number of rotatable bonds is 6. The van der Waals surface area contributed by atoms with Crippen LogP contribution in [0.4, 0.5) is 4.39 Å². The van der Waals surface area contributed by atoms with Crippen LogP contribution in [0, 0.1) is 0 Å². The predicted molar refractivity (Wildman–Crippen MR) is 79.5 cm³/mol. The first-order valence-electron chi connectivity index (χ1n) is 5.47. The lowest BCUT2D eigenvalue weighted by Crippen LogP contribution is -2.22. The molecule has 0 bridgehead atoms. The molecular weight excluding hydrogens is 319 g/mol. The van der Waals surface area contributed by atoms with Crippen LogP contribution < -0.4 is 15.2 Å². The van der Waals surface area contributed by atoms with Gasteiger partial charge in [0.05, 0.1) is 16.8 Å². The third kappa shape index (κ3) is 5.88. The molecule has 0 aliphatic rings. The van der Waals surface area contributed by atoms with E-state index in [1.54, 1.807) is 0 Å². The lowest BCUT2D eigenvalue weighted by molar-refractivity contribution is 0.0967. The number of nitrogens with one attached hydrogen (secondary N) is 1. The maximum atomic E-state index is 12.9. The fourth-order valence-electron chi connectivity index (χ4n) is 1.26. The van der Waals surface area contributed by atoms with Crippen molar-refractivity contribution in [2.45, 2.75) is 0 Å². The van der Waals surface area contributed by atoms with Gasteiger partial charge in [-0.3, -0.25) is 4.79 Å². The molecule has 1 aromatic rings. The van der Waals surface area contributed by atoms with Gasteiger partial charge in [0.15, 0.2) is 10.9 Å². The molecule has 0 aliphatic carbocycles. The Bertz CT molecular complexity index is 686. The second-order valence-corrected chi connectivity index (χ2v) is 6.40. The van der Waals surface area contributed by atoms with Gasteiger partial charge in [-0.25, -0.2) is 0 Å². The Morgan fingerprint density at radius 2 is 2.10 bits per heavy atom. The molecular formula is C12H13FN2O4S2. The topological polar surface area (TPSA) is 98.5 Å². The first-order chi connectivity index (χ1) is 9.73. The van der Waals surface area contributed by atoms with E-state index in [1.807, 2.05) is 0 Å². The van der Waals surface area contributed by atoms with Gasteiger partial charge in [0, 0.05) is 6.20 Å². The Labute approximate surface area is 126 Å². The van der Waals surface area contributed by atoms with Crippen LogP contribution >= 0.6 is 11.8 Å². The zero-order valence-corrected chi connectivity index (χ0v) is 12.6. The van der Waals surface area contributed by atoms with E-state index in [-0.39, 0.29) is 16.3 Å². The van der Waals surface area contributed by atoms with Crippen molar-refractivity contribution < 1.29 is 21.8 Å². The third-order valence-electron chi connectivity index (χ3n) is 1.98. The van der Waals surface area contributed by atoms with Crippen LogP contribution in [0.2, 0.25) is 0 Å². The van der Waals surface area contributed by atoms with Crippen molar-refractivity contribution in [2.24, 2.45) is 5.73 Å². The number of carbonyl (C=O) groups is 1. The van der Waals surface area contributed by atoms with Gasteiger partial charge in [-0.05, 0) is 23.9 Å². The van der Waals surface area contributed by atoms with Gasteiger partial charge in [0.25, 0.3) is 5.91 Å². The molecule has 1 aromatic carbocycles. The lowest BCUT2D eigenvalue weighted by Gasteiger charge is -2.10. The summed E-state index contributed by atoms with van der Waals surface area (Å²) in [5.74, 6) is -0.818. The fourth-order valence-corrected chi connectivity index (χ4v) is 2.18. The van der Waals surface area contributed by atoms with Gasteiger partial charge in [-0.15, -0.1) is 0 Å². The van der Waals surface area contributed by atoms with E-state index in [9.17, 15) is 17.6 Å². The molecule has 0 saturated heterocycles. The molecule has 1 amide bonds. The fraction of sp³-hybridized carbons (Fsp3) is 0.0833. The Morgan fingerprint density at radius 3 is 2.67 bits per heavy atom. The molecule has 6 nitrogen and oxygen atoms in total. The van der Waals surface area contributed by atoms with E-state index < -0.39 is 21.2 Å². The summed E-state index contributed by atoms with van der Waals surface area (Å²) < 4.78 is 39.9. The number of amides is 1. The minimum absolute atomic E-state index is 0.00615. The Hall–Kier alpha value is -2.00. The first-order valence-corrected chi connectivity index (χ1v) is 8.10. The summed E-state index contributed by atoms with van der Waals surface area (Å²) in [4.78, 5) is 12.0. The quantitative estimate of drug-likeness (QED) is 0.769. The number of halogens is 1. The average molecular weight is 332 g/mol. The molecule has 0 unspecified atom stereocenters. The van der Waals surface area contributed by atoms with Crippen LogP contribution in [0.25, 0.3) is 0 Å². The van der Waals surface area contributed by atoms with Crippen LogP contribution in [0.5, 0.6) is 5.75 Å². The molecule has 0 radical (unpaired) electrons. The van der Waals surface area contributed by atoms with E-state index in [4.69, 9.17) is 9.92 Å². The van der Waals surface area contributed by atoms with Crippen LogP contribution in [0.3, 0.4) is 0 Å². The molecule has 9 heteroatoms. The van der Waals surface area contributed by atoms with Crippen LogP contribution in [-0.2, 0) is 10.1 Å². The van der Waals surface area contributed by atoms with Gasteiger partial charge in [0.1, 0.15) is 0 Å². The zero-order chi connectivity index (χ0) is 16.0. The first kappa shape index (κ1) is 17.1. The zero-order valence-electron chi connectivity index (χ0n) is 11.0. The molecule has 0 saturated carbocycles. The molecule has 0 aromatic heterocycles. The van der Waals surface area contributed by atoms with E-state index in [0.717, 1.165) is 12.5 Å². The molecule has 0 heterocycles. The number of hydrogen-bond donors (Lipinski definition) is 2. The summed E-state index contributed by atoms with van der Waals surface area (Å²) in [5, 5.41) is 1.56. The van der Waals surface area contributed by atoms with Crippen LogP contribution in [-0.4, -0.2) is 20.6 Å². The van der Waals surface area contributed by atoms with Crippen molar-refractivity contribution >= 4 is 27.8 Å². The van der Waals surface area contributed by atoms with E-state index in [2.05, 4.69) is 11.9 Å². The van der Waals surface area contributed by atoms with Crippen molar-refractivity contribution in [1.29, 1.82) is 0 Å². The molecule has 3 N–H and O–H groups in total. The smallest absolute Gasteiger partial charge is 0.306 e. The van der Waals surface area contributed by atoms with Gasteiger partial charge in [-0.1, -0.05) is 18.7 Å². The predicted octanol–water partition coefficient (Wildman–Crippen LogP) is 1.69. The van der Waals surface area contributed by atoms with Crippen molar-refractivity contribution in [3.05, 3.63) is 52.8 Å². The summed E-state index contributed by atoms with van der Waals surface area (Å²) in [5.41, 5.74) is 4.93. The summed E-state index contributed by atoms with van der Waals surface area (Å²) in [6.45, 7) is 3.45. The van der Waals surface area contributed by atoms with Crippen LogP contribution in [0.1, 0.15) is 10.4 Å². The third-order valence-corrected chi connectivity index (χ3v) is 3.14. The van der Waals surface area contributed by atoms with E-state index >= 15 is 0 Å². The highest BCUT2D eigenvalue weighted by atomic mass is 32.2. The monoisotopic (exact) mass is 332 g/mol. The molecule has 114 valence electrons. The average Bonchev–Trinajstić information content (AvgIpc) is 2.36. The van der Waals surface area contributed by atoms with Crippen LogP contribution in [0.15, 0.2) is 47.2 Å². The molecule has 0 fully saturated rings. The summed E-state index contributed by atoms with van der Waals surface area (Å²) in [6, 6.07) is 5.73. The van der Waals surface area contributed by atoms with E-state index in [0.29, 0.717) is 11.8 Å². The van der Waals surface area contributed by atoms with Gasteiger partial charge < -0.3 is 15.2 Å². The number of nitrogens with two attached hydrogens (primary N) is 1. The number of para-hydroxylation sites is 1. The van der Waals surface area contributed by atoms with Crippen molar-refractivity contribution in [1.82, 2.24) is 5.32 Å². The second-order valence-electron chi connectivity index (χ2n) is 3.73. The van der Waals surface area contributed by atoms with Crippen molar-refractivity contribution in [2.75, 3.05) is 6.26 Å². The maximum absolute atomic E-state index is 12.9. The van der Waals surface area contributed by atoms with Crippen molar-refractivity contribution in [3.63, 3.8) is 0 Å². The minimum Gasteiger partial charge on any atom is -0.402 e. The Kier molecular flexibility index (Phi) is 5.79.